The Morgan fingerprint density at radius 1 is 0.889 bits per heavy atom. The van der Waals surface area contributed by atoms with Crippen molar-refractivity contribution in [1.82, 2.24) is 21.1 Å². The van der Waals surface area contributed by atoms with Crippen LogP contribution >= 0.6 is 0 Å². The molecule has 164 valence electrons. The van der Waals surface area contributed by atoms with Crippen LogP contribution < -0.4 is 21.8 Å². The molecule has 0 fully saturated rings. The number of hydrogen-bond acceptors (Lipinski definition) is 5. The lowest BCUT2D eigenvalue weighted by atomic mass is 9.72. The number of nitrogens with two attached hydrogens (primary N) is 1. The molecule has 0 saturated heterocycles. The van der Waals surface area contributed by atoms with Crippen LogP contribution in [0.2, 0.25) is 0 Å². The van der Waals surface area contributed by atoms with Crippen molar-refractivity contribution in [3.05, 3.63) is 0 Å². The Balaban J connectivity index is 5.80. The van der Waals surface area contributed by atoms with E-state index in [2.05, 4.69) is 76.6 Å². The monoisotopic (exact) mass is 385 g/mol. The van der Waals surface area contributed by atoms with Crippen LogP contribution in [0.4, 0.5) is 0 Å². The van der Waals surface area contributed by atoms with Gasteiger partial charge in [0.25, 0.3) is 0 Å². The Bertz CT molecular complexity index is 363. The summed E-state index contributed by atoms with van der Waals surface area (Å²) in [6.45, 7) is 17.7. The van der Waals surface area contributed by atoms with Crippen LogP contribution in [0, 0.1) is 0 Å². The van der Waals surface area contributed by atoms with Gasteiger partial charge in [-0.25, -0.2) is 5.01 Å². The van der Waals surface area contributed by atoms with Crippen LogP contribution in [0.25, 0.3) is 0 Å². The van der Waals surface area contributed by atoms with E-state index >= 15 is 0 Å². The quantitative estimate of drug-likeness (QED) is 0.173. The van der Waals surface area contributed by atoms with E-state index < -0.39 is 0 Å². The molecule has 0 aromatic carbocycles. The number of likely N-dealkylation sites (N-methyl/N-ethyl adjacent to an activating group) is 1. The molecule has 0 aliphatic heterocycles. The number of hydrogen-bond donors (Lipinski definition) is 4. The van der Waals surface area contributed by atoms with Gasteiger partial charge in [-0.2, -0.15) is 0 Å². The molecule has 5 heteroatoms. The third kappa shape index (κ3) is 6.97. The maximum absolute atomic E-state index is 6.82. The Morgan fingerprint density at radius 3 is 2.00 bits per heavy atom. The minimum Gasteiger partial charge on any atom is -0.326 e. The summed E-state index contributed by atoms with van der Waals surface area (Å²) >= 11 is 0. The first-order valence-corrected chi connectivity index (χ1v) is 11.6. The highest BCUT2D eigenvalue weighted by Crippen LogP contribution is 2.35. The standard InChI is InChI=1S/C22H51N5/c1-9-14-15-16-18-25-27(8)22(13-5,26-19(6)7)21(12-4,20(23)11-3)24-17-10-2/h19-20,24-26H,9-18,23H2,1-8H3. The van der Waals surface area contributed by atoms with Crippen LogP contribution in [0.1, 0.15) is 99.8 Å². The third-order valence-corrected chi connectivity index (χ3v) is 6.05. The third-order valence-electron chi connectivity index (χ3n) is 6.05. The summed E-state index contributed by atoms with van der Waals surface area (Å²) < 4.78 is 0. The number of nitrogens with one attached hydrogen (secondary N) is 3. The van der Waals surface area contributed by atoms with Crippen LogP contribution in [-0.2, 0) is 0 Å². The highest BCUT2D eigenvalue weighted by molar-refractivity contribution is 5.13. The molecule has 0 rings (SSSR count). The first kappa shape index (κ1) is 26.8. The average molecular weight is 386 g/mol. The lowest BCUT2D eigenvalue weighted by molar-refractivity contribution is -0.0710. The van der Waals surface area contributed by atoms with Crippen molar-refractivity contribution in [2.45, 2.75) is 123 Å². The van der Waals surface area contributed by atoms with Crippen molar-refractivity contribution in [2.24, 2.45) is 5.73 Å². The molecule has 0 bridgehead atoms. The molecule has 0 saturated carbocycles. The summed E-state index contributed by atoms with van der Waals surface area (Å²) in [5.41, 5.74) is 10.1. The SMILES string of the molecule is CCCCCCNN(C)C(CC)(NC(C)C)C(CC)(NCCC)C(N)CC. The molecular formula is C22H51N5. The van der Waals surface area contributed by atoms with Crippen molar-refractivity contribution in [3.8, 4) is 0 Å². The summed E-state index contributed by atoms with van der Waals surface area (Å²) in [7, 11) is 2.19. The minimum absolute atomic E-state index is 0.0737. The molecule has 0 spiro atoms. The van der Waals surface area contributed by atoms with E-state index in [0.29, 0.717) is 6.04 Å². The Kier molecular flexibility index (Phi) is 13.8. The van der Waals surface area contributed by atoms with Gasteiger partial charge in [-0.1, -0.05) is 53.9 Å². The summed E-state index contributed by atoms with van der Waals surface area (Å²) in [4.78, 5) is 0. The summed E-state index contributed by atoms with van der Waals surface area (Å²) in [5.74, 6) is 0. The number of unbranched alkanes of at least 4 members (excludes halogenated alkanes) is 3. The first-order chi connectivity index (χ1) is 12.8. The van der Waals surface area contributed by atoms with E-state index in [1.165, 1.54) is 25.7 Å². The molecule has 5 nitrogen and oxygen atoms in total. The van der Waals surface area contributed by atoms with E-state index in [-0.39, 0.29) is 17.2 Å². The topological polar surface area (TPSA) is 65.3 Å². The van der Waals surface area contributed by atoms with Crippen molar-refractivity contribution in [1.29, 1.82) is 0 Å². The zero-order chi connectivity index (χ0) is 20.9. The molecule has 0 aromatic heterocycles. The van der Waals surface area contributed by atoms with Crippen LogP contribution in [-0.4, -0.2) is 48.4 Å². The molecule has 0 amide bonds. The van der Waals surface area contributed by atoms with Gasteiger partial charge < -0.3 is 11.1 Å². The lowest BCUT2D eigenvalue weighted by Gasteiger charge is -2.58. The molecule has 3 unspecified atom stereocenters. The van der Waals surface area contributed by atoms with Crippen LogP contribution in [0.5, 0.6) is 0 Å². The maximum atomic E-state index is 6.82. The molecule has 0 heterocycles. The minimum atomic E-state index is -0.259. The molecule has 0 radical (unpaired) electrons. The molecule has 27 heavy (non-hydrogen) atoms. The highest BCUT2D eigenvalue weighted by Gasteiger charge is 2.54. The van der Waals surface area contributed by atoms with Gasteiger partial charge in [0.1, 0.15) is 5.66 Å². The zero-order valence-corrected chi connectivity index (χ0v) is 19.8. The van der Waals surface area contributed by atoms with Gasteiger partial charge in [0, 0.05) is 25.7 Å². The molecule has 0 aliphatic rings. The van der Waals surface area contributed by atoms with E-state index in [9.17, 15) is 0 Å². The predicted molar refractivity (Wildman–Crippen MR) is 121 cm³/mol. The molecule has 3 atom stereocenters. The summed E-state index contributed by atoms with van der Waals surface area (Å²) in [6.07, 6.45) is 9.10. The fourth-order valence-corrected chi connectivity index (χ4v) is 4.55. The molecule has 5 N–H and O–H groups in total. The zero-order valence-electron chi connectivity index (χ0n) is 19.8. The van der Waals surface area contributed by atoms with Gasteiger partial charge in [0.05, 0.1) is 5.54 Å². The fourth-order valence-electron chi connectivity index (χ4n) is 4.55. The largest absolute Gasteiger partial charge is 0.326 e. The van der Waals surface area contributed by atoms with Crippen LogP contribution in [0.3, 0.4) is 0 Å². The van der Waals surface area contributed by atoms with Gasteiger partial charge in [0.15, 0.2) is 0 Å². The Labute approximate surface area is 170 Å². The number of hydrazine groups is 1. The summed E-state index contributed by atoms with van der Waals surface area (Å²) in [6, 6.07) is 0.442. The highest BCUT2D eigenvalue weighted by atomic mass is 15.6. The van der Waals surface area contributed by atoms with Crippen LogP contribution in [0.15, 0.2) is 0 Å². The fraction of sp³-hybridized carbons (Fsp3) is 1.00. The molecular weight excluding hydrogens is 334 g/mol. The second kappa shape index (κ2) is 13.9. The number of nitrogens with zero attached hydrogens (tertiary/aromatic N) is 1. The molecule has 0 aromatic rings. The van der Waals surface area contributed by atoms with E-state index in [1.54, 1.807) is 0 Å². The van der Waals surface area contributed by atoms with Crippen molar-refractivity contribution in [3.63, 3.8) is 0 Å². The van der Waals surface area contributed by atoms with Gasteiger partial charge in [-0.05, 0) is 52.5 Å². The second-order valence-electron chi connectivity index (χ2n) is 8.31. The lowest BCUT2D eigenvalue weighted by Crippen LogP contribution is -2.82. The number of rotatable bonds is 17. The second-order valence-corrected chi connectivity index (χ2v) is 8.31. The van der Waals surface area contributed by atoms with Gasteiger partial charge in [0.2, 0.25) is 0 Å². The average Bonchev–Trinajstić information content (AvgIpc) is 2.66. The van der Waals surface area contributed by atoms with Crippen molar-refractivity contribution >= 4 is 0 Å². The van der Waals surface area contributed by atoms with E-state index in [1.807, 2.05) is 0 Å². The van der Waals surface area contributed by atoms with Gasteiger partial charge in [-0.3, -0.25) is 10.7 Å². The predicted octanol–water partition coefficient (Wildman–Crippen LogP) is 3.99. The van der Waals surface area contributed by atoms with Crippen molar-refractivity contribution < 1.29 is 0 Å². The smallest absolute Gasteiger partial charge is 0.104 e. The normalized spacial score (nSPS) is 17.9. The first-order valence-electron chi connectivity index (χ1n) is 11.6. The van der Waals surface area contributed by atoms with Gasteiger partial charge >= 0.3 is 0 Å². The Morgan fingerprint density at radius 2 is 1.56 bits per heavy atom. The maximum Gasteiger partial charge on any atom is 0.104 e. The van der Waals surface area contributed by atoms with Gasteiger partial charge in [-0.15, -0.1) is 0 Å². The Hall–Kier alpha value is -0.200. The van der Waals surface area contributed by atoms with Crippen molar-refractivity contribution in [2.75, 3.05) is 20.1 Å². The van der Waals surface area contributed by atoms with E-state index in [4.69, 9.17) is 5.73 Å². The molecule has 0 aliphatic carbocycles. The van der Waals surface area contributed by atoms with E-state index in [0.717, 1.165) is 38.8 Å². The summed E-state index contributed by atoms with van der Waals surface area (Å²) in [5, 5.41) is 10.2.